The fraction of sp³-hybridized carbons (Fsp3) is 0.471. The summed E-state index contributed by atoms with van der Waals surface area (Å²) in [6.45, 7) is 7.25. The molecule has 1 N–H and O–H groups in total. The molecule has 2 rings (SSSR count). The van der Waals surface area contributed by atoms with Crippen LogP contribution in [0.3, 0.4) is 0 Å². The van der Waals surface area contributed by atoms with Crippen LogP contribution in [0.5, 0.6) is 5.75 Å². The van der Waals surface area contributed by atoms with Crippen molar-refractivity contribution in [2.75, 3.05) is 14.2 Å². The molecule has 114 valence electrons. The number of hydrogen-bond acceptors (Lipinski definition) is 3. The van der Waals surface area contributed by atoms with Gasteiger partial charge >= 0.3 is 0 Å². The van der Waals surface area contributed by atoms with Crippen molar-refractivity contribution in [3.8, 4) is 5.75 Å². The van der Waals surface area contributed by atoms with Gasteiger partial charge in [-0.1, -0.05) is 19.1 Å². The van der Waals surface area contributed by atoms with Gasteiger partial charge in [-0.3, -0.25) is 4.68 Å². The molecule has 1 aromatic heterocycles. The molecule has 0 amide bonds. The van der Waals surface area contributed by atoms with E-state index in [1.807, 2.05) is 19.2 Å². The van der Waals surface area contributed by atoms with Crippen LogP contribution >= 0.6 is 0 Å². The Kier molecular flexibility index (Phi) is 5.02. The van der Waals surface area contributed by atoms with Crippen molar-refractivity contribution in [1.29, 1.82) is 0 Å². The lowest BCUT2D eigenvalue weighted by molar-refractivity contribution is 0.413. The number of aromatic nitrogens is 2. The first-order valence-corrected chi connectivity index (χ1v) is 7.44. The molecular formula is C17H25N3O. The van der Waals surface area contributed by atoms with Gasteiger partial charge in [-0.05, 0) is 50.6 Å². The number of aryl methyl sites for hydroxylation is 1. The van der Waals surface area contributed by atoms with Gasteiger partial charge in [0, 0.05) is 5.69 Å². The van der Waals surface area contributed by atoms with E-state index in [1.54, 1.807) is 7.11 Å². The second-order valence-corrected chi connectivity index (χ2v) is 5.30. The van der Waals surface area contributed by atoms with Crippen molar-refractivity contribution in [3.63, 3.8) is 0 Å². The van der Waals surface area contributed by atoms with Crippen molar-refractivity contribution >= 4 is 0 Å². The third-order valence-corrected chi connectivity index (χ3v) is 4.11. The van der Waals surface area contributed by atoms with Gasteiger partial charge in [0.2, 0.25) is 0 Å². The maximum Gasteiger partial charge on any atom is 0.118 e. The van der Waals surface area contributed by atoms with E-state index in [1.165, 1.54) is 16.8 Å². The average molecular weight is 287 g/mol. The highest BCUT2D eigenvalue weighted by molar-refractivity contribution is 5.29. The molecule has 0 saturated carbocycles. The number of methoxy groups -OCH3 is 1. The van der Waals surface area contributed by atoms with E-state index in [9.17, 15) is 0 Å². The van der Waals surface area contributed by atoms with Gasteiger partial charge in [0.25, 0.3) is 0 Å². The normalized spacial score (nSPS) is 12.4. The number of nitrogens with zero attached hydrogens (tertiary/aromatic N) is 2. The van der Waals surface area contributed by atoms with Crippen LogP contribution in [0.15, 0.2) is 24.3 Å². The van der Waals surface area contributed by atoms with Crippen LogP contribution in [0.2, 0.25) is 0 Å². The van der Waals surface area contributed by atoms with Gasteiger partial charge in [-0.25, -0.2) is 0 Å². The van der Waals surface area contributed by atoms with Crippen LogP contribution in [-0.2, 0) is 13.0 Å². The molecule has 0 radical (unpaired) electrons. The number of hydrogen-bond donors (Lipinski definition) is 1. The highest BCUT2D eigenvalue weighted by Gasteiger charge is 2.15. The molecule has 4 heteroatoms. The molecule has 1 heterocycles. The Morgan fingerprint density at radius 3 is 2.38 bits per heavy atom. The van der Waals surface area contributed by atoms with Gasteiger partial charge in [0.05, 0.1) is 25.4 Å². The quantitative estimate of drug-likeness (QED) is 0.887. The smallest absolute Gasteiger partial charge is 0.118 e. The minimum atomic E-state index is 0.235. The number of benzene rings is 1. The highest BCUT2D eigenvalue weighted by atomic mass is 16.5. The molecule has 1 aromatic carbocycles. The molecule has 0 aliphatic rings. The van der Waals surface area contributed by atoms with Gasteiger partial charge < -0.3 is 10.1 Å². The number of ether oxygens (including phenoxy) is 1. The van der Waals surface area contributed by atoms with E-state index in [0.29, 0.717) is 0 Å². The Morgan fingerprint density at radius 2 is 1.90 bits per heavy atom. The second kappa shape index (κ2) is 6.76. The zero-order valence-electron chi connectivity index (χ0n) is 13.6. The molecule has 0 aliphatic carbocycles. The fourth-order valence-electron chi connectivity index (χ4n) is 2.80. The Balaban J connectivity index is 2.22. The summed E-state index contributed by atoms with van der Waals surface area (Å²) in [5.74, 6) is 0.882. The van der Waals surface area contributed by atoms with Crippen LogP contribution in [0.25, 0.3) is 0 Å². The first-order valence-electron chi connectivity index (χ1n) is 7.44. The Morgan fingerprint density at radius 1 is 1.24 bits per heavy atom. The number of nitrogens with one attached hydrogen (secondary N) is 1. The van der Waals surface area contributed by atoms with Crippen molar-refractivity contribution in [2.45, 2.75) is 39.8 Å². The Labute approximate surface area is 127 Å². The maximum absolute atomic E-state index is 5.22. The molecular weight excluding hydrogens is 262 g/mol. The summed E-state index contributed by atoms with van der Waals surface area (Å²) in [6, 6.07) is 8.44. The van der Waals surface area contributed by atoms with Crippen LogP contribution < -0.4 is 10.1 Å². The molecule has 4 nitrogen and oxygen atoms in total. The summed E-state index contributed by atoms with van der Waals surface area (Å²) >= 11 is 0. The van der Waals surface area contributed by atoms with Crippen molar-refractivity contribution in [3.05, 3.63) is 46.8 Å². The molecule has 0 saturated heterocycles. The third kappa shape index (κ3) is 3.27. The summed E-state index contributed by atoms with van der Waals surface area (Å²) in [5.41, 5.74) is 5.01. The zero-order valence-corrected chi connectivity index (χ0v) is 13.6. The summed E-state index contributed by atoms with van der Waals surface area (Å²) in [6.07, 6.45) is 1.03. The largest absolute Gasteiger partial charge is 0.497 e. The lowest BCUT2D eigenvalue weighted by Gasteiger charge is -2.18. The van der Waals surface area contributed by atoms with Crippen LogP contribution in [0, 0.1) is 13.8 Å². The molecule has 2 aromatic rings. The maximum atomic E-state index is 5.22. The predicted molar refractivity (Wildman–Crippen MR) is 85.9 cm³/mol. The van der Waals surface area contributed by atoms with E-state index in [2.05, 4.69) is 48.0 Å². The highest BCUT2D eigenvalue weighted by Crippen LogP contribution is 2.21. The molecule has 21 heavy (non-hydrogen) atoms. The van der Waals surface area contributed by atoms with Crippen LogP contribution in [0.4, 0.5) is 0 Å². The van der Waals surface area contributed by atoms with Crippen molar-refractivity contribution in [2.24, 2.45) is 0 Å². The molecule has 0 fully saturated rings. The standard InChI is InChI=1S/C17H25N3O/c1-6-16-12(2)19-20(13(16)3)11-17(18-4)14-7-9-15(21-5)10-8-14/h7-10,17-18H,6,11H2,1-5H3. The minimum Gasteiger partial charge on any atom is -0.497 e. The monoisotopic (exact) mass is 287 g/mol. The van der Waals surface area contributed by atoms with E-state index >= 15 is 0 Å². The van der Waals surface area contributed by atoms with Gasteiger partial charge in [0.15, 0.2) is 0 Å². The first kappa shape index (κ1) is 15.6. The lowest BCUT2D eigenvalue weighted by Crippen LogP contribution is -2.23. The van der Waals surface area contributed by atoms with Crippen molar-refractivity contribution < 1.29 is 4.74 Å². The Bertz CT molecular complexity index is 587. The van der Waals surface area contributed by atoms with Crippen molar-refractivity contribution in [1.82, 2.24) is 15.1 Å². The Hall–Kier alpha value is -1.81. The molecule has 0 bridgehead atoms. The van der Waals surface area contributed by atoms with E-state index in [-0.39, 0.29) is 6.04 Å². The second-order valence-electron chi connectivity index (χ2n) is 5.30. The molecule has 0 aliphatic heterocycles. The number of likely N-dealkylation sites (N-methyl/N-ethyl adjacent to an activating group) is 1. The van der Waals surface area contributed by atoms with Crippen LogP contribution in [0.1, 0.15) is 35.5 Å². The molecule has 1 unspecified atom stereocenters. The van der Waals surface area contributed by atoms with E-state index in [4.69, 9.17) is 4.74 Å². The summed E-state index contributed by atoms with van der Waals surface area (Å²) < 4.78 is 7.33. The minimum absolute atomic E-state index is 0.235. The number of rotatable bonds is 6. The summed E-state index contributed by atoms with van der Waals surface area (Å²) in [4.78, 5) is 0. The van der Waals surface area contributed by atoms with Crippen LogP contribution in [-0.4, -0.2) is 23.9 Å². The average Bonchev–Trinajstić information content (AvgIpc) is 2.78. The zero-order chi connectivity index (χ0) is 15.4. The van der Waals surface area contributed by atoms with Gasteiger partial charge in [-0.2, -0.15) is 5.10 Å². The topological polar surface area (TPSA) is 39.1 Å². The molecule has 1 atom stereocenters. The van der Waals surface area contributed by atoms with Gasteiger partial charge in [-0.15, -0.1) is 0 Å². The third-order valence-electron chi connectivity index (χ3n) is 4.11. The predicted octanol–water partition coefficient (Wildman–Crippen LogP) is 3.03. The van der Waals surface area contributed by atoms with E-state index < -0.39 is 0 Å². The summed E-state index contributed by atoms with van der Waals surface area (Å²) in [7, 11) is 3.67. The SMILES string of the molecule is CCc1c(C)nn(CC(NC)c2ccc(OC)cc2)c1C. The van der Waals surface area contributed by atoms with Gasteiger partial charge in [0.1, 0.15) is 5.75 Å². The molecule has 0 spiro atoms. The first-order chi connectivity index (χ1) is 10.1. The fourth-order valence-corrected chi connectivity index (χ4v) is 2.80. The lowest BCUT2D eigenvalue weighted by atomic mass is 10.1. The van der Waals surface area contributed by atoms with E-state index in [0.717, 1.165) is 24.4 Å². The summed E-state index contributed by atoms with van der Waals surface area (Å²) in [5, 5.41) is 8.06.